The summed E-state index contributed by atoms with van der Waals surface area (Å²) in [6.45, 7) is 4.71. The number of hydrogen-bond donors (Lipinski definition) is 3. The van der Waals surface area contributed by atoms with Crippen LogP contribution in [0.5, 0.6) is 5.75 Å². The first-order chi connectivity index (χ1) is 18.0. The van der Waals surface area contributed by atoms with E-state index in [1.54, 1.807) is 31.2 Å². The van der Waals surface area contributed by atoms with Crippen LogP contribution in [0.15, 0.2) is 54.6 Å². The standard InChI is InChI=1S/C29H33N5O3.ClH/c1-19(35)20-12-15-34(16-13-20)28(37)21-8-10-23(11-9-21)31-29-32-25(22-5-4-14-30-18-22)17-26(33-29)24-6-2-3-7-27(24)36;/h2-3,6-11,17,20,22,30,36H,4-5,12-16,18H2,1H3,(H,31,32,33);1H. The lowest BCUT2D eigenvalue weighted by Gasteiger charge is -2.31. The molecule has 8 nitrogen and oxygen atoms in total. The van der Waals surface area contributed by atoms with Gasteiger partial charge >= 0.3 is 0 Å². The maximum atomic E-state index is 13.0. The summed E-state index contributed by atoms with van der Waals surface area (Å²) in [7, 11) is 0. The summed E-state index contributed by atoms with van der Waals surface area (Å²) in [4.78, 5) is 35.9. The Labute approximate surface area is 229 Å². The number of likely N-dealkylation sites (tertiary alicyclic amines) is 1. The smallest absolute Gasteiger partial charge is 0.253 e. The Hall–Kier alpha value is -3.49. The number of nitrogens with zero attached hydrogens (tertiary/aromatic N) is 3. The number of benzene rings is 2. The minimum atomic E-state index is -0.0153. The highest BCUT2D eigenvalue weighted by molar-refractivity contribution is 5.94. The van der Waals surface area contributed by atoms with Gasteiger partial charge in [-0.15, -0.1) is 12.4 Å². The average molecular weight is 536 g/mol. The van der Waals surface area contributed by atoms with Crippen LogP contribution in [0.3, 0.4) is 0 Å². The molecule has 0 bridgehead atoms. The number of aromatic hydroxyl groups is 1. The van der Waals surface area contributed by atoms with E-state index in [-0.39, 0.29) is 41.7 Å². The molecule has 1 unspecified atom stereocenters. The van der Waals surface area contributed by atoms with Crippen molar-refractivity contribution in [2.75, 3.05) is 31.5 Å². The first-order valence-corrected chi connectivity index (χ1v) is 13.0. The van der Waals surface area contributed by atoms with Gasteiger partial charge in [-0.1, -0.05) is 12.1 Å². The molecule has 2 saturated heterocycles. The molecule has 0 radical (unpaired) electrons. The van der Waals surface area contributed by atoms with Crippen molar-refractivity contribution in [2.45, 2.75) is 38.5 Å². The molecule has 9 heteroatoms. The van der Waals surface area contributed by atoms with Crippen molar-refractivity contribution in [2.24, 2.45) is 5.92 Å². The molecule has 3 heterocycles. The molecule has 2 fully saturated rings. The monoisotopic (exact) mass is 535 g/mol. The van der Waals surface area contributed by atoms with E-state index >= 15 is 0 Å². The van der Waals surface area contributed by atoms with Gasteiger partial charge in [-0.05, 0) is 81.6 Å². The molecule has 3 aromatic rings. The van der Waals surface area contributed by atoms with E-state index in [0.29, 0.717) is 35.9 Å². The second-order valence-corrected chi connectivity index (χ2v) is 9.94. The number of anilines is 2. The lowest BCUT2D eigenvalue weighted by atomic mass is 9.93. The third-order valence-electron chi connectivity index (χ3n) is 7.39. The second-order valence-electron chi connectivity index (χ2n) is 9.94. The number of phenolic OH excluding ortho intramolecular Hbond substituents is 1. The van der Waals surface area contributed by atoms with Gasteiger partial charge in [0.2, 0.25) is 5.95 Å². The molecule has 0 aliphatic carbocycles. The molecule has 0 spiro atoms. The highest BCUT2D eigenvalue weighted by atomic mass is 35.5. The van der Waals surface area contributed by atoms with Gasteiger partial charge in [-0.25, -0.2) is 9.97 Å². The molecule has 2 aliphatic rings. The van der Waals surface area contributed by atoms with E-state index in [4.69, 9.17) is 9.97 Å². The third-order valence-corrected chi connectivity index (χ3v) is 7.39. The summed E-state index contributed by atoms with van der Waals surface area (Å²) < 4.78 is 0. The Bertz CT molecular complexity index is 1270. The van der Waals surface area contributed by atoms with Crippen LogP contribution in [0.25, 0.3) is 11.3 Å². The van der Waals surface area contributed by atoms with E-state index < -0.39 is 0 Å². The van der Waals surface area contributed by atoms with Crippen molar-refractivity contribution in [1.82, 2.24) is 20.2 Å². The summed E-state index contributed by atoms with van der Waals surface area (Å²) in [5.74, 6) is 1.16. The Balaban J connectivity index is 0.00000336. The highest BCUT2D eigenvalue weighted by Crippen LogP contribution is 2.32. The predicted molar refractivity (Wildman–Crippen MR) is 150 cm³/mol. The molecule has 1 aromatic heterocycles. The molecule has 0 saturated carbocycles. The number of hydrogen-bond acceptors (Lipinski definition) is 7. The molecule has 5 rings (SSSR count). The van der Waals surface area contributed by atoms with E-state index in [1.165, 1.54) is 0 Å². The van der Waals surface area contributed by atoms with Crippen LogP contribution in [-0.2, 0) is 4.79 Å². The SMILES string of the molecule is CC(=O)C1CCN(C(=O)c2ccc(Nc3nc(-c4ccccc4O)cc(C4CCCNC4)n3)cc2)CC1.Cl. The topological polar surface area (TPSA) is 107 Å². The van der Waals surface area contributed by atoms with Crippen LogP contribution in [0.1, 0.15) is 54.6 Å². The van der Waals surface area contributed by atoms with E-state index in [9.17, 15) is 14.7 Å². The van der Waals surface area contributed by atoms with Gasteiger partial charge in [0.05, 0.1) is 11.4 Å². The number of amides is 1. The maximum Gasteiger partial charge on any atom is 0.253 e. The number of aromatic nitrogens is 2. The molecule has 38 heavy (non-hydrogen) atoms. The van der Waals surface area contributed by atoms with Crippen molar-refractivity contribution in [1.29, 1.82) is 0 Å². The lowest BCUT2D eigenvalue weighted by molar-refractivity contribution is -0.121. The lowest BCUT2D eigenvalue weighted by Crippen LogP contribution is -2.39. The van der Waals surface area contributed by atoms with E-state index in [2.05, 4.69) is 10.6 Å². The number of ketones is 1. The molecule has 1 atom stereocenters. The fourth-order valence-electron chi connectivity index (χ4n) is 5.16. The van der Waals surface area contributed by atoms with Crippen LogP contribution in [0.2, 0.25) is 0 Å². The van der Waals surface area contributed by atoms with Crippen molar-refractivity contribution >= 4 is 35.7 Å². The largest absolute Gasteiger partial charge is 0.507 e. The minimum absolute atomic E-state index is 0. The van der Waals surface area contributed by atoms with Crippen molar-refractivity contribution < 1.29 is 14.7 Å². The predicted octanol–water partition coefficient (Wildman–Crippen LogP) is 4.92. The fraction of sp³-hybridized carbons (Fsp3) is 0.379. The minimum Gasteiger partial charge on any atom is -0.507 e. The Morgan fingerprint density at radius 3 is 2.42 bits per heavy atom. The van der Waals surface area contributed by atoms with Gasteiger partial charge in [0.25, 0.3) is 5.91 Å². The number of rotatable bonds is 6. The number of carbonyl (C=O) groups excluding carboxylic acids is 2. The normalized spacial score (nSPS) is 17.9. The number of para-hydroxylation sites is 1. The van der Waals surface area contributed by atoms with E-state index in [1.807, 2.05) is 35.2 Å². The zero-order valence-corrected chi connectivity index (χ0v) is 22.3. The summed E-state index contributed by atoms with van der Waals surface area (Å²) in [6.07, 6.45) is 3.59. The van der Waals surface area contributed by atoms with Crippen molar-refractivity contribution in [3.05, 3.63) is 65.9 Å². The second kappa shape index (κ2) is 12.4. The quantitative estimate of drug-likeness (QED) is 0.411. The van der Waals surface area contributed by atoms with Gasteiger partial charge in [-0.2, -0.15) is 0 Å². The molecular formula is C29H34ClN5O3. The highest BCUT2D eigenvalue weighted by Gasteiger charge is 2.26. The molecular weight excluding hydrogens is 502 g/mol. The molecule has 1 amide bonds. The van der Waals surface area contributed by atoms with Crippen molar-refractivity contribution in [3.8, 4) is 17.0 Å². The summed E-state index contributed by atoms with van der Waals surface area (Å²) in [6, 6.07) is 16.5. The van der Waals surface area contributed by atoms with Crippen LogP contribution in [0.4, 0.5) is 11.6 Å². The van der Waals surface area contributed by atoms with Crippen molar-refractivity contribution in [3.63, 3.8) is 0 Å². The Morgan fingerprint density at radius 1 is 1.03 bits per heavy atom. The molecule has 3 N–H and O–H groups in total. The number of piperidine rings is 2. The fourth-order valence-corrected chi connectivity index (χ4v) is 5.16. The number of Topliss-reactive ketones (excluding diaryl/α,β-unsaturated/α-hetero) is 1. The van der Waals surface area contributed by atoms with Gasteiger partial charge in [-0.3, -0.25) is 9.59 Å². The van der Waals surface area contributed by atoms with Crippen LogP contribution < -0.4 is 10.6 Å². The molecule has 200 valence electrons. The first kappa shape index (κ1) is 27.5. The summed E-state index contributed by atoms with van der Waals surface area (Å²) in [5.41, 5.74) is 3.65. The van der Waals surface area contributed by atoms with Gasteiger partial charge in [0.1, 0.15) is 11.5 Å². The number of carbonyl (C=O) groups is 2. The summed E-state index contributed by atoms with van der Waals surface area (Å²) >= 11 is 0. The Morgan fingerprint density at radius 2 is 1.76 bits per heavy atom. The van der Waals surface area contributed by atoms with Gasteiger partial charge in [0.15, 0.2) is 0 Å². The molecule has 2 aromatic carbocycles. The number of nitrogens with one attached hydrogen (secondary N) is 2. The third kappa shape index (κ3) is 6.31. The average Bonchev–Trinajstić information content (AvgIpc) is 2.94. The van der Waals surface area contributed by atoms with Gasteiger partial charge in [0, 0.05) is 48.3 Å². The number of halogens is 1. The number of phenols is 1. The summed E-state index contributed by atoms with van der Waals surface area (Å²) in [5, 5.41) is 17.2. The zero-order chi connectivity index (χ0) is 25.8. The van der Waals surface area contributed by atoms with Crippen LogP contribution in [0, 0.1) is 5.92 Å². The Kier molecular flexibility index (Phi) is 8.97. The zero-order valence-electron chi connectivity index (χ0n) is 21.5. The van der Waals surface area contributed by atoms with E-state index in [0.717, 1.165) is 50.2 Å². The maximum absolute atomic E-state index is 13.0. The molecule has 2 aliphatic heterocycles. The first-order valence-electron chi connectivity index (χ1n) is 13.0. The van der Waals surface area contributed by atoms with Crippen LogP contribution in [-0.4, -0.2) is 57.8 Å². The van der Waals surface area contributed by atoms with Gasteiger partial charge < -0.3 is 20.6 Å². The van der Waals surface area contributed by atoms with Crippen LogP contribution >= 0.6 is 12.4 Å².